The molecule has 0 saturated carbocycles. The van der Waals surface area contributed by atoms with Crippen LogP contribution >= 0.6 is 19.8 Å². The van der Waals surface area contributed by atoms with Crippen LogP contribution < -0.4 is 5.32 Å². The van der Waals surface area contributed by atoms with Crippen molar-refractivity contribution in [1.29, 1.82) is 0 Å². The van der Waals surface area contributed by atoms with Gasteiger partial charge in [0.15, 0.2) is 0 Å². The second kappa shape index (κ2) is 10.5. The van der Waals surface area contributed by atoms with Crippen molar-refractivity contribution in [2.45, 2.75) is 71.8 Å². The molecule has 1 aromatic carbocycles. The Morgan fingerprint density at radius 3 is 1.90 bits per heavy atom. The molecule has 0 spiro atoms. The Morgan fingerprint density at radius 2 is 1.48 bits per heavy atom. The summed E-state index contributed by atoms with van der Waals surface area (Å²) >= 11 is -1.57. The van der Waals surface area contributed by atoms with Crippen molar-refractivity contribution in [1.82, 2.24) is 5.32 Å². The molecule has 31 heavy (non-hydrogen) atoms. The van der Waals surface area contributed by atoms with Crippen LogP contribution in [-0.2, 0) is 16.1 Å². The number of rotatable bonds is 10. The van der Waals surface area contributed by atoms with Gasteiger partial charge in [0.05, 0.1) is 0 Å². The van der Waals surface area contributed by atoms with E-state index in [1.807, 2.05) is 0 Å². The zero-order valence-electron chi connectivity index (χ0n) is 20.7. The average molecular weight is 548 g/mol. The summed E-state index contributed by atoms with van der Waals surface area (Å²) in [4.78, 5) is 29.5. The Hall–Kier alpha value is -1.31. The molecule has 0 radical (unpaired) electrons. The van der Waals surface area contributed by atoms with Crippen LogP contribution in [0, 0.1) is 22.2 Å². The molecule has 6 heteroatoms. The predicted molar refractivity (Wildman–Crippen MR) is 137 cm³/mol. The van der Waals surface area contributed by atoms with E-state index >= 15 is 0 Å². The molecule has 0 bridgehead atoms. The minimum atomic E-state index is -1.57. The number of phenols is 1. The van der Waals surface area contributed by atoms with E-state index in [2.05, 4.69) is 63.6 Å². The van der Waals surface area contributed by atoms with Gasteiger partial charge in [-0.15, -0.1) is 0 Å². The van der Waals surface area contributed by atoms with Crippen LogP contribution in [0.1, 0.15) is 66.9 Å². The SMILES string of the molecule is CI(C)C(CC(C)(C)C(C)(C)C(CC(C)(C)C)C(=O)NCc1ccc(O)cc1)C(=O)O. The molecule has 1 aromatic rings. The summed E-state index contributed by atoms with van der Waals surface area (Å²) in [6.45, 7) is 15.3. The van der Waals surface area contributed by atoms with Crippen LogP contribution in [0.5, 0.6) is 5.75 Å². The van der Waals surface area contributed by atoms with Gasteiger partial charge in [-0.05, 0) is 0 Å². The quantitative estimate of drug-likeness (QED) is 0.258. The van der Waals surface area contributed by atoms with Gasteiger partial charge in [0.25, 0.3) is 0 Å². The Balaban J connectivity index is 3.16. The van der Waals surface area contributed by atoms with Crippen LogP contribution in [0.25, 0.3) is 0 Å². The monoisotopic (exact) mass is 547 g/mol. The summed E-state index contributed by atoms with van der Waals surface area (Å²) < 4.78 is -0.297. The Morgan fingerprint density at radius 1 is 0.968 bits per heavy atom. The molecule has 5 nitrogen and oxygen atoms in total. The molecule has 0 aliphatic carbocycles. The number of hydrogen-bond donors (Lipinski definition) is 3. The summed E-state index contributed by atoms with van der Waals surface area (Å²) in [5.74, 6) is -0.768. The fraction of sp³-hybridized carbons (Fsp3) is 0.680. The molecular weight excluding hydrogens is 505 g/mol. The standard InChI is InChI=1S/C25H42INO4/c1-23(2,3)14-19(21(29)27-16-17-10-12-18(28)13-11-17)25(6,7)24(4,5)15-20(22(30)31)26(8)9/h10-13,19-20,28H,14-16H2,1-9H3,(H,27,29)(H,30,31). The van der Waals surface area contributed by atoms with Gasteiger partial charge in [-0.3, -0.25) is 0 Å². The summed E-state index contributed by atoms with van der Waals surface area (Å²) in [5.41, 5.74) is 0.145. The van der Waals surface area contributed by atoms with Crippen molar-refractivity contribution < 1.29 is 19.8 Å². The van der Waals surface area contributed by atoms with E-state index in [9.17, 15) is 19.8 Å². The van der Waals surface area contributed by atoms with Gasteiger partial charge in [-0.1, -0.05) is 0 Å². The van der Waals surface area contributed by atoms with Crippen molar-refractivity contribution in [2.24, 2.45) is 22.2 Å². The molecule has 0 fully saturated rings. The van der Waals surface area contributed by atoms with E-state index in [1.165, 1.54) is 0 Å². The molecule has 0 heterocycles. The van der Waals surface area contributed by atoms with Crippen molar-refractivity contribution >= 4 is 31.7 Å². The minimum absolute atomic E-state index is 0.00342. The molecule has 1 amide bonds. The van der Waals surface area contributed by atoms with Gasteiger partial charge in [0, 0.05) is 0 Å². The van der Waals surface area contributed by atoms with E-state index in [4.69, 9.17) is 0 Å². The Bertz CT molecular complexity index is 748. The van der Waals surface area contributed by atoms with Crippen molar-refractivity contribution in [2.75, 3.05) is 9.86 Å². The molecule has 3 N–H and O–H groups in total. The molecule has 0 saturated heterocycles. The van der Waals surface area contributed by atoms with E-state index < -0.39 is 31.2 Å². The van der Waals surface area contributed by atoms with Crippen molar-refractivity contribution in [3.8, 4) is 5.75 Å². The number of alkyl halides is 3. The molecule has 2 unspecified atom stereocenters. The zero-order valence-corrected chi connectivity index (χ0v) is 22.8. The normalized spacial score (nSPS) is 15.2. The van der Waals surface area contributed by atoms with E-state index in [-0.39, 0.29) is 32.3 Å². The molecular formula is C25H42INO4. The topological polar surface area (TPSA) is 86.6 Å². The molecule has 2 atom stereocenters. The number of hydrogen-bond acceptors (Lipinski definition) is 3. The number of nitrogens with one attached hydrogen (secondary N) is 1. The second-order valence-corrected chi connectivity index (χ2v) is 17.3. The molecule has 178 valence electrons. The third-order valence-corrected chi connectivity index (χ3v) is 10.6. The number of carboxylic acid groups (broad SMARTS) is 1. The number of phenolic OH excluding ortho intramolecular Hbond substituents is 1. The maximum atomic E-state index is 13.4. The van der Waals surface area contributed by atoms with Crippen molar-refractivity contribution in [3.63, 3.8) is 0 Å². The molecule has 0 aliphatic heterocycles. The van der Waals surface area contributed by atoms with Crippen LogP contribution in [0.4, 0.5) is 0 Å². The average Bonchev–Trinajstić information content (AvgIpc) is 2.62. The van der Waals surface area contributed by atoms with E-state index in [0.29, 0.717) is 19.4 Å². The number of aromatic hydroxyl groups is 1. The Kier molecular flexibility index (Phi) is 9.42. The first-order chi connectivity index (χ1) is 14.0. The fourth-order valence-electron chi connectivity index (χ4n) is 3.83. The van der Waals surface area contributed by atoms with Gasteiger partial charge in [0.2, 0.25) is 0 Å². The third-order valence-electron chi connectivity index (χ3n) is 6.64. The first-order valence-corrected chi connectivity index (χ1v) is 16.3. The predicted octanol–water partition coefficient (Wildman–Crippen LogP) is 5.72. The number of carbonyl (C=O) groups excluding carboxylic acids is 1. The number of halogens is 1. The van der Waals surface area contributed by atoms with Crippen LogP contribution in [0.2, 0.25) is 0 Å². The summed E-state index contributed by atoms with van der Waals surface area (Å²) in [7, 11) is 0. The number of amides is 1. The fourth-order valence-corrected chi connectivity index (χ4v) is 6.87. The van der Waals surface area contributed by atoms with Gasteiger partial charge in [-0.25, -0.2) is 0 Å². The van der Waals surface area contributed by atoms with Gasteiger partial charge in [0.1, 0.15) is 0 Å². The number of carboxylic acids is 1. The molecule has 0 aliphatic rings. The first kappa shape index (κ1) is 27.7. The summed E-state index contributed by atoms with van der Waals surface area (Å²) in [6.07, 6.45) is 1.29. The first-order valence-electron chi connectivity index (χ1n) is 10.7. The molecule has 1 rings (SSSR count). The van der Waals surface area contributed by atoms with Crippen LogP contribution in [0.3, 0.4) is 0 Å². The Labute approximate surface area is 195 Å². The second-order valence-electron chi connectivity index (χ2n) is 11.1. The van der Waals surface area contributed by atoms with Gasteiger partial charge >= 0.3 is 191 Å². The number of aliphatic carboxylic acids is 1. The summed E-state index contributed by atoms with van der Waals surface area (Å²) in [5, 5.41) is 22.3. The number of carbonyl (C=O) groups is 2. The van der Waals surface area contributed by atoms with E-state index in [0.717, 1.165) is 5.56 Å². The van der Waals surface area contributed by atoms with Crippen molar-refractivity contribution in [3.05, 3.63) is 29.8 Å². The molecule has 0 aromatic heterocycles. The third kappa shape index (κ3) is 7.95. The van der Waals surface area contributed by atoms with Crippen LogP contribution in [0.15, 0.2) is 24.3 Å². The zero-order chi connectivity index (χ0) is 24.2. The van der Waals surface area contributed by atoms with Crippen LogP contribution in [-0.4, -0.2) is 35.9 Å². The van der Waals surface area contributed by atoms with E-state index in [1.54, 1.807) is 24.3 Å². The number of benzene rings is 1. The summed E-state index contributed by atoms with van der Waals surface area (Å²) in [6, 6.07) is 6.83. The van der Waals surface area contributed by atoms with Gasteiger partial charge in [-0.2, -0.15) is 0 Å². The maximum absolute atomic E-state index is 13.4. The van der Waals surface area contributed by atoms with Gasteiger partial charge < -0.3 is 5.11 Å².